The summed E-state index contributed by atoms with van der Waals surface area (Å²) in [5.41, 5.74) is 0.712. The number of aromatic nitrogens is 2. The molecular weight excluding hydrogens is 218 g/mol. The van der Waals surface area contributed by atoms with Crippen LogP contribution in [-0.2, 0) is 6.61 Å². The molecule has 17 heavy (non-hydrogen) atoms. The van der Waals surface area contributed by atoms with E-state index in [4.69, 9.17) is 10.2 Å². The zero-order valence-corrected chi connectivity index (χ0v) is 9.92. The highest BCUT2D eigenvalue weighted by atomic mass is 16.3. The summed E-state index contributed by atoms with van der Waals surface area (Å²) in [6.45, 7) is 0.647. The first-order valence-electron chi connectivity index (χ1n) is 6.14. The Morgan fingerprint density at radius 2 is 1.82 bits per heavy atom. The van der Waals surface area contributed by atoms with Gasteiger partial charge >= 0.3 is 0 Å². The van der Waals surface area contributed by atoms with E-state index in [1.54, 1.807) is 12.4 Å². The lowest BCUT2D eigenvalue weighted by Gasteiger charge is -2.28. The number of anilines is 1. The van der Waals surface area contributed by atoms with E-state index in [1.165, 1.54) is 12.8 Å². The van der Waals surface area contributed by atoms with Gasteiger partial charge < -0.3 is 15.1 Å². The highest BCUT2D eigenvalue weighted by Gasteiger charge is 2.23. The molecule has 1 heterocycles. The molecular formula is C12H19N3O2. The summed E-state index contributed by atoms with van der Waals surface area (Å²) in [5.74, 6) is 0.656. The summed E-state index contributed by atoms with van der Waals surface area (Å²) >= 11 is 0. The zero-order valence-electron chi connectivity index (χ0n) is 9.92. The van der Waals surface area contributed by atoms with E-state index >= 15 is 0 Å². The Labute approximate surface area is 101 Å². The maximum Gasteiger partial charge on any atom is 0.225 e. The first-order valence-corrected chi connectivity index (χ1v) is 6.14. The molecule has 0 atom stereocenters. The highest BCUT2D eigenvalue weighted by Crippen LogP contribution is 2.25. The van der Waals surface area contributed by atoms with Crippen molar-refractivity contribution in [1.29, 1.82) is 0 Å². The zero-order chi connectivity index (χ0) is 12.1. The Bertz CT molecular complexity index is 336. The third kappa shape index (κ3) is 2.92. The van der Waals surface area contributed by atoms with E-state index in [0.717, 1.165) is 12.8 Å². The molecule has 2 N–H and O–H groups in total. The fraction of sp³-hybridized carbons (Fsp3) is 0.667. The van der Waals surface area contributed by atoms with E-state index in [0.29, 0.717) is 24.1 Å². The van der Waals surface area contributed by atoms with E-state index in [9.17, 15) is 0 Å². The number of hydrogen-bond donors (Lipinski definition) is 2. The van der Waals surface area contributed by atoms with Gasteiger partial charge in [-0.05, 0) is 12.8 Å². The standard InChI is InChI=1S/C12H19N3O2/c16-6-5-15(11-3-1-2-4-11)12-13-7-10(9-17)8-14-12/h7-8,11,16-17H,1-6,9H2. The lowest BCUT2D eigenvalue weighted by Crippen LogP contribution is -2.37. The van der Waals surface area contributed by atoms with Gasteiger partial charge in [-0.25, -0.2) is 9.97 Å². The Hall–Kier alpha value is -1.20. The van der Waals surface area contributed by atoms with Crippen LogP contribution in [0, 0.1) is 0 Å². The second kappa shape index (κ2) is 5.93. The van der Waals surface area contributed by atoms with Crippen LogP contribution < -0.4 is 4.90 Å². The monoisotopic (exact) mass is 237 g/mol. The van der Waals surface area contributed by atoms with Crippen molar-refractivity contribution in [3.63, 3.8) is 0 Å². The summed E-state index contributed by atoms with van der Waals surface area (Å²) in [7, 11) is 0. The van der Waals surface area contributed by atoms with Gasteiger partial charge in [0.05, 0.1) is 13.2 Å². The molecule has 1 fully saturated rings. The van der Waals surface area contributed by atoms with Crippen molar-refractivity contribution in [3.8, 4) is 0 Å². The number of aliphatic hydroxyl groups excluding tert-OH is 2. The van der Waals surface area contributed by atoms with Crippen molar-refractivity contribution in [2.75, 3.05) is 18.1 Å². The van der Waals surface area contributed by atoms with Crippen LogP contribution in [0.4, 0.5) is 5.95 Å². The van der Waals surface area contributed by atoms with Crippen molar-refractivity contribution in [2.24, 2.45) is 0 Å². The minimum atomic E-state index is -0.0380. The molecule has 1 aromatic rings. The van der Waals surface area contributed by atoms with Gasteiger partial charge in [0.2, 0.25) is 5.95 Å². The minimum Gasteiger partial charge on any atom is -0.395 e. The maximum absolute atomic E-state index is 9.12. The topological polar surface area (TPSA) is 69.5 Å². The number of hydrogen-bond acceptors (Lipinski definition) is 5. The molecule has 5 heteroatoms. The third-order valence-electron chi connectivity index (χ3n) is 3.24. The van der Waals surface area contributed by atoms with Crippen LogP contribution in [0.1, 0.15) is 31.2 Å². The van der Waals surface area contributed by atoms with Crippen LogP contribution in [0.3, 0.4) is 0 Å². The van der Waals surface area contributed by atoms with Crippen LogP contribution in [0.5, 0.6) is 0 Å². The summed E-state index contributed by atoms with van der Waals surface area (Å²) < 4.78 is 0. The Kier molecular flexibility index (Phi) is 4.28. The smallest absolute Gasteiger partial charge is 0.225 e. The second-order valence-corrected chi connectivity index (χ2v) is 4.40. The summed E-state index contributed by atoms with van der Waals surface area (Å²) in [5, 5.41) is 18.1. The lowest BCUT2D eigenvalue weighted by molar-refractivity contribution is 0.280. The van der Waals surface area contributed by atoms with Gasteiger partial charge in [-0.1, -0.05) is 12.8 Å². The van der Waals surface area contributed by atoms with E-state index in [2.05, 4.69) is 14.9 Å². The molecule has 94 valence electrons. The molecule has 0 spiro atoms. The van der Waals surface area contributed by atoms with E-state index in [-0.39, 0.29) is 13.2 Å². The summed E-state index contributed by atoms with van der Waals surface area (Å²) in [4.78, 5) is 10.6. The molecule has 1 aliphatic carbocycles. The maximum atomic E-state index is 9.12. The van der Waals surface area contributed by atoms with Crippen LogP contribution in [0.25, 0.3) is 0 Å². The van der Waals surface area contributed by atoms with Gasteiger partial charge in [-0.2, -0.15) is 0 Å². The van der Waals surface area contributed by atoms with Gasteiger partial charge in [0.1, 0.15) is 0 Å². The largest absolute Gasteiger partial charge is 0.395 e. The fourth-order valence-corrected chi connectivity index (χ4v) is 2.35. The molecule has 0 aromatic carbocycles. The first kappa shape index (κ1) is 12.3. The van der Waals surface area contributed by atoms with Gasteiger partial charge in [-0.3, -0.25) is 0 Å². The summed E-state index contributed by atoms with van der Waals surface area (Å²) in [6.07, 6.45) is 8.04. The second-order valence-electron chi connectivity index (χ2n) is 4.40. The van der Waals surface area contributed by atoms with Crippen LogP contribution >= 0.6 is 0 Å². The van der Waals surface area contributed by atoms with Crippen LogP contribution in [0.2, 0.25) is 0 Å². The molecule has 0 aliphatic heterocycles. The van der Waals surface area contributed by atoms with Crippen molar-refractivity contribution in [1.82, 2.24) is 9.97 Å². The van der Waals surface area contributed by atoms with Crippen LogP contribution in [-0.4, -0.2) is 39.4 Å². The van der Waals surface area contributed by atoms with Crippen LogP contribution in [0.15, 0.2) is 12.4 Å². The van der Waals surface area contributed by atoms with Gasteiger partial charge in [0, 0.05) is 30.5 Å². The Balaban J connectivity index is 2.12. The lowest BCUT2D eigenvalue weighted by atomic mass is 10.2. The fourth-order valence-electron chi connectivity index (χ4n) is 2.35. The average molecular weight is 237 g/mol. The molecule has 0 radical (unpaired) electrons. The van der Waals surface area contributed by atoms with Crippen molar-refractivity contribution < 1.29 is 10.2 Å². The predicted molar refractivity (Wildman–Crippen MR) is 64.6 cm³/mol. The first-order chi connectivity index (χ1) is 8.35. The normalized spacial score (nSPS) is 16.4. The molecule has 2 rings (SSSR count). The molecule has 1 aliphatic rings. The van der Waals surface area contributed by atoms with E-state index < -0.39 is 0 Å². The third-order valence-corrected chi connectivity index (χ3v) is 3.24. The minimum absolute atomic E-state index is 0.0380. The molecule has 1 aromatic heterocycles. The number of aliphatic hydroxyl groups is 2. The highest BCUT2D eigenvalue weighted by molar-refractivity contribution is 5.32. The SMILES string of the molecule is OCCN(c1ncc(CO)cn1)C1CCCC1. The van der Waals surface area contributed by atoms with Crippen molar-refractivity contribution >= 4 is 5.95 Å². The number of rotatable bonds is 5. The molecule has 0 saturated heterocycles. The molecule has 0 unspecified atom stereocenters. The Morgan fingerprint density at radius 3 is 2.35 bits per heavy atom. The quantitative estimate of drug-likeness (QED) is 0.789. The Morgan fingerprint density at radius 1 is 1.18 bits per heavy atom. The molecule has 1 saturated carbocycles. The molecule has 0 amide bonds. The van der Waals surface area contributed by atoms with Crippen molar-refractivity contribution in [2.45, 2.75) is 38.3 Å². The predicted octanol–water partition coefficient (Wildman–Crippen LogP) is 0.710. The molecule has 0 bridgehead atoms. The van der Waals surface area contributed by atoms with Gasteiger partial charge in [0.15, 0.2) is 0 Å². The van der Waals surface area contributed by atoms with Crippen molar-refractivity contribution in [3.05, 3.63) is 18.0 Å². The average Bonchev–Trinajstić information content (AvgIpc) is 2.90. The number of nitrogens with zero attached hydrogens (tertiary/aromatic N) is 3. The van der Waals surface area contributed by atoms with Gasteiger partial charge in [0.25, 0.3) is 0 Å². The van der Waals surface area contributed by atoms with Gasteiger partial charge in [-0.15, -0.1) is 0 Å². The summed E-state index contributed by atoms with van der Waals surface area (Å²) in [6, 6.07) is 0.446. The molecule has 5 nitrogen and oxygen atoms in total. The van der Waals surface area contributed by atoms with E-state index in [1.807, 2.05) is 0 Å².